The number of nitrogens with one attached hydrogen (secondary N) is 3. The molecule has 40 heavy (non-hydrogen) atoms. The van der Waals surface area contributed by atoms with Gasteiger partial charge in [-0.3, -0.25) is 9.59 Å². The van der Waals surface area contributed by atoms with Crippen molar-refractivity contribution in [3.8, 4) is 0 Å². The summed E-state index contributed by atoms with van der Waals surface area (Å²) < 4.78 is 39.1. The van der Waals surface area contributed by atoms with Gasteiger partial charge in [0.2, 0.25) is 21.8 Å². The Morgan fingerprint density at radius 3 is 2.25 bits per heavy atom. The van der Waals surface area contributed by atoms with Crippen molar-refractivity contribution in [3.63, 3.8) is 0 Å². The first-order chi connectivity index (χ1) is 18.7. The van der Waals surface area contributed by atoms with Gasteiger partial charge in [0.15, 0.2) is 0 Å². The predicted molar refractivity (Wildman–Crippen MR) is 159 cm³/mol. The van der Waals surface area contributed by atoms with Crippen molar-refractivity contribution in [3.05, 3.63) is 0 Å². The largest absolute Gasteiger partial charge is 0.481 e. The molecule has 11 heteroatoms. The summed E-state index contributed by atoms with van der Waals surface area (Å²) in [5, 5.41) is 5.84. The molecular weight excluding hydrogens is 529 g/mol. The summed E-state index contributed by atoms with van der Waals surface area (Å²) in [6.45, 7) is 12.9. The van der Waals surface area contributed by atoms with E-state index in [-0.39, 0.29) is 29.9 Å². The van der Waals surface area contributed by atoms with Gasteiger partial charge in [-0.2, -0.15) is 0 Å². The Hall–Kier alpha value is -1.17. The van der Waals surface area contributed by atoms with E-state index in [1.165, 1.54) is 25.7 Å². The van der Waals surface area contributed by atoms with Crippen molar-refractivity contribution in [2.45, 2.75) is 136 Å². The first-order valence-electron chi connectivity index (χ1n) is 15.5. The van der Waals surface area contributed by atoms with Gasteiger partial charge in [-0.05, 0) is 55.8 Å². The second-order valence-electron chi connectivity index (χ2n) is 13.7. The maximum absolute atomic E-state index is 13.5. The highest BCUT2D eigenvalue weighted by atomic mass is 32.2. The number of hydrogen-bond donors (Lipinski definition) is 3. The molecule has 4 aliphatic rings. The fraction of sp³-hybridized carbons (Fsp3) is 0.931. The summed E-state index contributed by atoms with van der Waals surface area (Å²) in [6, 6.07) is -1.03. The van der Waals surface area contributed by atoms with E-state index >= 15 is 0 Å². The van der Waals surface area contributed by atoms with E-state index < -0.39 is 40.6 Å². The highest BCUT2D eigenvalue weighted by molar-refractivity contribution is 7.88. The van der Waals surface area contributed by atoms with Crippen molar-refractivity contribution in [2.24, 2.45) is 23.2 Å². The van der Waals surface area contributed by atoms with E-state index in [2.05, 4.69) is 56.9 Å². The maximum Gasteiger partial charge on any atom is 0.481 e. The van der Waals surface area contributed by atoms with Crippen LogP contribution in [-0.4, -0.2) is 63.8 Å². The monoisotopic (exact) mass is 583 g/mol. The third-order valence-corrected chi connectivity index (χ3v) is 10.3. The van der Waals surface area contributed by atoms with Gasteiger partial charge in [0.1, 0.15) is 6.04 Å². The average molecular weight is 584 g/mol. The van der Waals surface area contributed by atoms with Crippen LogP contribution in [0, 0.1) is 23.2 Å². The Bertz CT molecular complexity index is 977. The van der Waals surface area contributed by atoms with Gasteiger partial charge in [0, 0.05) is 13.0 Å². The molecular formula is C29H54BN3O6S. The molecule has 3 aliphatic carbocycles. The highest BCUT2D eigenvalue weighted by Crippen LogP contribution is 2.65. The van der Waals surface area contributed by atoms with E-state index in [1.807, 2.05) is 0 Å². The zero-order valence-electron chi connectivity index (χ0n) is 25.9. The first kappa shape index (κ1) is 33.3. The number of hydrogen-bond acceptors (Lipinski definition) is 6. The average Bonchev–Trinajstić information content (AvgIpc) is 3.21. The fourth-order valence-corrected chi connectivity index (χ4v) is 7.52. The summed E-state index contributed by atoms with van der Waals surface area (Å²) in [7, 11) is -4.14. The van der Waals surface area contributed by atoms with Gasteiger partial charge >= 0.3 is 7.12 Å². The molecule has 0 aromatic rings. The van der Waals surface area contributed by atoms with E-state index in [9.17, 15) is 18.0 Å². The molecule has 230 valence electrons. The third-order valence-electron chi connectivity index (χ3n) is 9.56. The van der Waals surface area contributed by atoms with E-state index in [0.29, 0.717) is 24.7 Å². The number of rotatable bonds is 17. The molecule has 2 bridgehead atoms. The van der Waals surface area contributed by atoms with Crippen LogP contribution in [0.4, 0.5) is 0 Å². The zero-order valence-corrected chi connectivity index (χ0v) is 26.7. The summed E-state index contributed by atoms with van der Waals surface area (Å²) in [5.74, 6) is 0.175. The van der Waals surface area contributed by atoms with Crippen LogP contribution >= 0.6 is 0 Å². The van der Waals surface area contributed by atoms with Crippen LogP contribution in [0.5, 0.6) is 0 Å². The van der Waals surface area contributed by atoms with Crippen molar-refractivity contribution >= 4 is 29.0 Å². The summed E-state index contributed by atoms with van der Waals surface area (Å²) >= 11 is 0. The molecule has 0 aromatic heterocycles. The molecule has 6 atom stereocenters. The summed E-state index contributed by atoms with van der Waals surface area (Å²) in [6.07, 6.45) is 11.7. The molecule has 0 radical (unpaired) electrons. The molecule has 3 saturated carbocycles. The Kier molecular flexibility index (Phi) is 11.6. The minimum atomic E-state index is -3.55. The van der Waals surface area contributed by atoms with Crippen LogP contribution in [0.25, 0.3) is 0 Å². The summed E-state index contributed by atoms with van der Waals surface area (Å²) in [4.78, 5) is 26.3. The third kappa shape index (κ3) is 8.45. The minimum Gasteiger partial charge on any atom is -0.404 e. The first-order valence-corrected chi connectivity index (χ1v) is 17.4. The van der Waals surface area contributed by atoms with Crippen LogP contribution in [0.2, 0.25) is 0 Å². The lowest BCUT2D eigenvalue weighted by molar-refractivity contribution is -0.199. The standard InChI is InChI=1S/C29H54BN3O6S/c1-8-9-10-11-12-13-14-15-26(34)32-22(19-31-40(7,36)37)27(35)33-25(16-20(2)3)30-38-24-18-21-17-23(28(21,4)5)29(24,6)39-30/h20-25,31H,8-19H2,1-7H3,(H,32,34)(H,33,35)/t21-,22-,23-,24+,25-,29-/m0/s1. The van der Waals surface area contributed by atoms with Gasteiger partial charge in [-0.1, -0.05) is 73.1 Å². The van der Waals surface area contributed by atoms with Crippen molar-refractivity contribution in [1.82, 2.24) is 15.4 Å². The fourth-order valence-electron chi connectivity index (χ4n) is 7.05. The van der Waals surface area contributed by atoms with Crippen molar-refractivity contribution in [1.29, 1.82) is 0 Å². The normalized spacial score (nSPS) is 28.5. The number of carbonyl (C=O) groups is 2. The molecule has 9 nitrogen and oxygen atoms in total. The predicted octanol–water partition coefficient (Wildman–Crippen LogP) is 3.96. The van der Waals surface area contributed by atoms with Gasteiger partial charge in [0.05, 0.1) is 23.9 Å². The number of unbranched alkanes of at least 4 members (excludes halogenated alkanes) is 6. The molecule has 1 saturated heterocycles. The van der Waals surface area contributed by atoms with E-state index in [4.69, 9.17) is 9.31 Å². The molecule has 0 aromatic carbocycles. The smallest absolute Gasteiger partial charge is 0.404 e. The lowest BCUT2D eigenvalue weighted by Gasteiger charge is -2.64. The highest BCUT2D eigenvalue weighted by Gasteiger charge is 2.68. The minimum absolute atomic E-state index is 0.00906. The van der Waals surface area contributed by atoms with E-state index in [1.54, 1.807) is 0 Å². The van der Waals surface area contributed by atoms with Gasteiger partial charge in [-0.15, -0.1) is 0 Å². The zero-order chi connectivity index (χ0) is 29.7. The van der Waals surface area contributed by atoms with Crippen LogP contribution in [-0.2, 0) is 28.9 Å². The number of carbonyl (C=O) groups excluding carboxylic acids is 2. The second-order valence-corrected chi connectivity index (χ2v) is 15.5. The molecule has 2 amide bonds. The Balaban J connectivity index is 1.62. The van der Waals surface area contributed by atoms with Crippen LogP contribution < -0.4 is 15.4 Å². The molecule has 1 aliphatic heterocycles. The van der Waals surface area contributed by atoms with E-state index in [0.717, 1.165) is 38.4 Å². The molecule has 0 unspecified atom stereocenters. The van der Waals surface area contributed by atoms with Gasteiger partial charge < -0.3 is 19.9 Å². The number of amides is 2. The van der Waals surface area contributed by atoms with Crippen LogP contribution in [0.3, 0.4) is 0 Å². The maximum atomic E-state index is 13.5. The second kappa shape index (κ2) is 13.9. The molecule has 0 spiro atoms. The Morgan fingerprint density at radius 2 is 1.65 bits per heavy atom. The SMILES string of the molecule is CCCCCCCCCC(=O)N[C@@H](CNS(C)(=O)=O)C(=O)N[C@@H](CC(C)C)B1O[C@@H]2C[C@@H]3C[C@@H](C3(C)C)[C@]2(C)O1. The lowest BCUT2D eigenvalue weighted by atomic mass is 9.43. The molecule has 1 heterocycles. The lowest BCUT2D eigenvalue weighted by Crippen LogP contribution is -2.65. The van der Waals surface area contributed by atoms with Crippen LogP contribution in [0.15, 0.2) is 0 Å². The molecule has 4 rings (SSSR count). The molecule has 3 N–H and O–H groups in total. The van der Waals surface area contributed by atoms with Crippen molar-refractivity contribution in [2.75, 3.05) is 12.8 Å². The van der Waals surface area contributed by atoms with Crippen molar-refractivity contribution < 1.29 is 27.3 Å². The topological polar surface area (TPSA) is 123 Å². The van der Waals surface area contributed by atoms with Gasteiger partial charge in [-0.25, -0.2) is 13.1 Å². The summed E-state index contributed by atoms with van der Waals surface area (Å²) in [5.41, 5.74) is -0.187. The van der Waals surface area contributed by atoms with Gasteiger partial charge in [0.25, 0.3) is 0 Å². The van der Waals surface area contributed by atoms with Crippen LogP contribution in [0.1, 0.15) is 112 Å². The number of sulfonamides is 1. The molecule has 4 fully saturated rings. The Labute approximate surface area is 243 Å². The quantitative estimate of drug-likeness (QED) is 0.176. The Morgan fingerprint density at radius 1 is 1.00 bits per heavy atom.